The van der Waals surface area contributed by atoms with Crippen molar-refractivity contribution >= 4 is 56.4 Å². The van der Waals surface area contributed by atoms with Crippen molar-refractivity contribution in [3.8, 4) is 0 Å². The van der Waals surface area contributed by atoms with E-state index in [1.165, 1.54) is 62.6 Å². The van der Waals surface area contributed by atoms with Gasteiger partial charge >= 0.3 is 5.97 Å². The first-order chi connectivity index (χ1) is 17.0. The Bertz CT molecular complexity index is 1520. The zero-order valence-electron chi connectivity index (χ0n) is 18.7. The van der Waals surface area contributed by atoms with Crippen molar-refractivity contribution < 1.29 is 19.1 Å². The predicted octanol–water partition coefficient (Wildman–Crippen LogP) is 6.97. The molecule has 0 aliphatic heterocycles. The van der Waals surface area contributed by atoms with Gasteiger partial charge in [-0.25, -0.2) is 4.79 Å². The quantitative estimate of drug-likeness (QED) is 0.260. The van der Waals surface area contributed by atoms with Crippen LogP contribution < -0.4 is 5.32 Å². The highest BCUT2D eigenvalue weighted by Crippen LogP contribution is 2.33. The summed E-state index contributed by atoms with van der Waals surface area (Å²) in [6.07, 6.45) is 5.34. The van der Waals surface area contributed by atoms with Gasteiger partial charge in [0, 0.05) is 6.04 Å². The molecule has 2 aromatic heterocycles. The molecule has 0 saturated heterocycles. The zero-order valence-corrected chi connectivity index (χ0v) is 20.2. The van der Waals surface area contributed by atoms with Crippen LogP contribution in [0.3, 0.4) is 0 Å². The second kappa shape index (κ2) is 9.94. The highest BCUT2D eigenvalue weighted by molar-refractivity contribution is 7.18. The number of thiophene rings is 1. The summed E-state index contributed by atoms with van der Waals surface area (Å²) in [6.45, 7) is 0. The molecular formula is C28H22ClNO4S. The van der Waals surface area contributed by atoms with Crippen LogP contribution in [0.25, 0.3) is 21.5 Å². The van der Waals surface area contributed by atoms with E-state index in [9.17, 15) is 9.59 Å². The third-order valence-electron chi connectivity index (χ3n) is 6.25. The van der Waals surface area contributed by atoms with Crippen molar-refractivity contribution in [1.82, 2.24) is 5.32 Å². The molecule has 2 heterocycles. The fourth-order valence-electron chi connectivity index (χ4n) is 4.55. The Morgan fingerprint density at radius 2 is 1.80 bits per heavy atom. The number of furan rings is 1. The van der Waals surface area contributed by atoms with Crippen LogP contribution in [0.15, 0.2) is 83.7 Å². The highest BCUT2D eigenvalue weighted by Gasteiger charge is 2.23. The van der Waals surface area contributed by atoms with E-state index in [1.807, 2.05) is 0 Å². The number of carbonyl (C=O) groups is 2. The van der Waals surface area contributed by atoms with Crippen molar-refractivity contribution in [3.05, 3.63) is 105 Å². The summed E-state index contributed by atoms with van der Waals surface area (Å²) in [5, 5.41) is 16.6. The molecule has 0 spiro atoms. The molecule has 0 unspecified atom stereocenters. The van der Waals surface area contributed by atoms with Crippen LogP contribution in [0.2, 0.25) is 4.34 Å². The van der Waals surface area contributed by atoms with Crippen LogP contribution in [-0.2, 0) is 12.8 Å². The number of amides is 1. The minimum Gasteiger partial charge on any atom is -0.478 e. The minimum absolute atomic E-state index is 0.0222. The van der Waals surface area contributed by atoms with Crippen LogP contribution in [0.1, 0.15) is 37.6 Å². The third kappa shape index (κ3) is 4.94. The number of hydrogen-bond donors (Lipinski definition) is 2. The van der Waals surface area contributed by atoms with E-state index < -0.39 is 5.97 Å². The molecule has 2 N–H and O–H groups in total. The second-order valence-electron chi connectivity index (χ2n) is 8.42. The number of carboxylic acid groups (broad SMARTS) is 1. The maximum atomic E-state index is 12.5. The van der Waals surface area contributed by atoms with Crippen molar-refractivity contribution in [2.75, 3.05) is 0 Å². The number of carboxylic acids is 1. The zero-order chi connectivity index (χ0) is 24.4. The van der Waals surface area contributed by atoms with Crippen molar-refractivity contribution in [3.63, 3.8) is 0 Å². The molecule has 0 saturated carbocycles. The number of rotatable bonds is 3. The molecule has 7 heteroatoms. The molecule has 0 fully saturated rings. The molecule has 1 atom stereocenters. The van der Waals surface area contributed by atoms with E-state index in [0.29, 0.717) is 9.21 Å². The van der Waals surface area contributed by atoms with Crippen LogP contribution in [0.5, 0.6) is 0 Å². The number of fused-ring (bicyclic) bond motifs is 5. The average Bonchev–Trinajstić information content (AvgIpc) is 3.56. The smallest absolute Gasteiger partial charge is 0.338 e. The molecule has 35 heavy (non-hydrogen) atoms. The van der Waals surface area contributed by atoms with Gasteiger partial charge in [0.1, 0.15) is 6.26 Å². The summed E-state index contributed by atoms with van der Waals surface area (Å²) in [4.78, 5) is 23.2. The van der Waals surface area contributed by atoms with Gasteiger partial charge in [-0.1, -0.05) is 60.1 Å². The summed E-state index contributed by atoms with van der Waals surface area (Å²) < 4.78 is 5.14. The van der Waals surface area contributed by atoms with E-state index >= 15 is 0 Å². The minimum atomic E-state index is -0.959. The standard InChI is InChI=1S/C23H18ClNOS.C5H4O3/c24-22-12-11-21(27-22)23(26)25-16-8-5-15-7-9-18-17-4-2-1-3-14(17)6-10-19(18)20(15)13-16;6-5(7)4-1-2-8-3-4/h1-4,6-7,9-12,16H,5,8,13H2,(H,25,26);1-3H,(H,6,7)/t16-;/m0./s1. The Morgan fingerprint density at radius 3 is 2.51 bits per heavy atom. The predicted molar refractivity (Wildman–Crippen MR) is 140 cm³/mol. The van der Waals surface area contributed by atoms with Gasteiger partial charge in [-0.15, -0.1) is 11.3 Å². The summed E-state index contributed by atoms with van der Waals surface area (Å²) in [5.41, 5.74) is 2.96. The molecule has 6 rings (SSSR count). The largest absolute Gasteiger partial charge is 0.478 e. The average molecular weight is 504 g/mol. The first kappa shape index (κ1) is 23.1. The Hall–Kier alpha value is -3.61. The van der Waals surface area contributed by atoms with Crippen LogP contribution in [0, 0.1) is 0 Å². The number of benzene rings is 3. The summed E-state index contributed by atoms with van der Waals surface area (Å²) in [7, 11) is 0. The van der Waals surface area contributed by atoms with Crippen LogP contribution in [-0.4, -0.2) is 23.0 Å². The van der Waals surface area contributed by atoms with Crippen molar-refractivity contribution in [1.29, 1.82) is 0 Å². The molecular weight excluding hydrogens is 482 g/mol. The molecule has 1 aliphatic carbocycles. The van der Waals surface area contributed by atoms with Gasteiger partial charge in [0.2, 0.25) is 0 Å². The molecule has 176 valence electrons. The molecule has 0 radical (unpaired) electrons. The van der Waals surface area contributed by atoms with Crippen LogP contribution >= 0.6 is 22.9 Å². The number of aromatic carboxylic acids is 1. The van der Waals surface area contributed by atoms with Gasteiger partial charge in [0.25, 0.3) is 5.91 Å². The second-order valence-corrected chi connectivity index (χ2v) is 10.1. The lowest BCUT2D eigenvalue weighted by atomic mass is 9.84. The molecule has 3 aromatic carbocycles. The lowest BCUT2D eigenvalue weighted by Gasteiger charge is -2.27. The first-order valence-electron chi connectivity index (χ1n) is 11.2. The number of carbonyl (C=O) groups excluding carboxylic acids is 1. The summed E-state index contributed by atoms with van der Waals surface area (Å²) >= 11 is 7.29. The van der Waals surface area contributed by atoms with Gasteiger partial charge in [-0.3, -0.25) is 4.79 Å². The van der Waals surface area contributed by atoms with Gasteiger partial charge in [0.15, 0.2) is 0 Å². The SMILES string of the molecule is O=C(N[C@H]1CCc2ccc3c(ccc4ccccc43)c2C1)c1ccc(Cl)s1.O=C(O)c1ccoc1. The maximum Gasteiger partial charge on any atom is 0.338 e. The van der Waals surface area contributed by atoms with Gasteiger partial charge < -0.3 is 14.8 Å². The maximum absolute atomic E-state index is 12.5. The fourth-order valence-corrected chi connectivity index (χ4v) is 5.50. The van der Waals surface area contributed by atoms with E-state index in [-0.39, 0.29) is 17.5 Å². The van der Waals surface area contributed by atoms with E-state index in [1.54, 1.807) is 12.1 Å². The number of hydrogen-bond acceptors (Lipinski definition) is 4. The van der Waals surface area contributed by atoms with Gasteiger partial charge in [-0.05, 0) is 70.1 Å². The lowest BCUT2D eigenvalue weighted by Crippen LogP contribution is -2.38. The molecule has 1 amide bonds. The normalized spacial score (nSPS) is 14.7. The molecule has 5 aromatic rings. The van der Waals surface area contributed by atoms with Gasteiger partial charge in [-0.2, -0.15) is 0 Å². The third-order valence-corrected chi connectivity index (χ3v) is 7.48. The first-order valence-corrected chi connectivity index (χ1v) is 12.4. The van der Waals surface area contributed by atoms with Gasteiger partial charge in [0.05, 0.1) is 21.0 Å². The number of halogens is 1. The molecule has 5 nitrogen and oxygen atoms in total. The number of aryl methyl sites for hydroxylation is 1. The number of nitrogens with one attached hydrogen (secondary N) is 1. The Morgan fingerprint density at radius 1 is 0.971 bits per heavy atom. The van der Waals surface area contributed by atoms with E-state index in [2.05, 4.69) is 58.3 Å². The topological polar surface area (TPSA) is 79.5 Å². The summed E-state index contributed by atoms with van der Waals surface area (Å²) in [6, 6.07) is 22.6. The Kier molecular flexibility index (Phi) is 6.57. The summed E-state index contributed by atoms with van der Waals surface area (Å²) in [5.74, 6) is -0.982. The van der Waals surface area contributed by atoms with Crippen molar-refractivity contribution in [2.24, 2.45) is 0 Å². The lowest BCUT2D eigenvalue weighted by molar-refractivity contribution is 0.0695. The Labute approximate surface area is 211 Å². The fraction of sp³-hybridized carbons (Fsp3) is 0.143. The highest BCUT2D eigenvalue weighted by atomic mass is 35.5. The van der Waals surface area contributed by atoms with E-state index in [0.717, 1.165) is 19.3 Å². The molecule has 1 aliphatic rings. The monoisotopic (exact) mass is 503 g/mol. The van der Waals surface area contributed by atoms with Crippen LogP contribution in [0.4, 0.5) is 0 Å². The van der Waals surface area contributed by atoms with E-state index in [4.69, 9.17) is 16.7 Å². The molecule has 0 bridgehead atoms. The van der Waals surface area contributed by atoms with Crippen molar-refractivity contribution in [2.45, 2.75) is 25.3 Å². The Balaban J connectivity index is 0.000000271.